The molecule has 0 radical (unpaired) electrons. The molecule has 7 heteroatoms. The summed E-state index contributed by atoms with van der Waals surface area (Å²) in [7, 11) is 3.18. The van der Waals surface area contributed by atoms with Crippen LogP contribution in [0.3, 0.4) is 0 Å². The van der Waals surface area contributed by atoms with Crippen LogP contribution in [-0.2, 0) is 4.79 Å². The summed E-state index contributed by atoms with van der Waals surface area (Å²) < 4.78 is 11.0. The van der Waals surface area contributed by atoms with Crippen LogP contribution in [0.1, 0.15) is 44.6 Å². The molecule has 0 spiro atoms. The fourth-order valence-electron chi connectivity index (χ4n) is 4.58. The number of carbonyl (C=O) groups is 2. The molecule has 2 aliphatic rings. The third kappa shape index (κ3) is 3.31. The first kappa shape index (κ1) is 19.3. The standard InChI is InChI=1S/C20H28N2O5/c1-12(2)17-15(26-3)8-14(9-16(17)27-4)21-19(25)22-10-13-6-5-7-20(13,11-22)18(23)24/h8-9,12-13H,5-7,10-11H2,1-4H3,(H,21,25)(H,23,24)/t13-,20+/m0/s1. The van der Waals surface area contributed by atoms with Gasteiger partial charge in [-0.2, -0.15) is 0 Å². The van der Waals surface area contributed by atoms with Crippen molar-refractivity contribution in [3.63, 3.8) is 0 Å². The fourth-order valence-corrected chi connectivity index (χ4v) is 4.58. The molecule has 2 amide bonds. The van der Waals surface area contributed by atoms with Crippen LogP contribution in [0.4, 0.5) is 10.5 Å². The molecule has 0 unspecified atom stereocenters. The first-order valence-electron chi connectivity index (χ1n) is 9.37. The number of benzene rings is 1. The molecule has 0 bridgehead atoms. The zero-order valence-electron chi connectivity index (χ0n) is 16.4. The number of amides is 2. The van der Waals surface area contributed by atoms with Crippen LogP contribution in [0.25, 0.3) is 0 Å². The van der Waals surface area contributed by atoms with E-state index in [4.69, 9.17) is 9.47 Å². The molecule has 2 N–H and O–H groups in total. The van der Waals surface area contributed by atoms with Crippen molar-refractivity contribution < 1.29 is 24.2 Å². The van der Waals surface area contributed by atoms with Crippen molar-refractivity contribution >= 4 is 17.7 Å². The van der Waals surface area contributed by atoms with Gasteiger partial charge in [0.15, 0.2) is 0 Å². The van der Waals surface area contributed by atoms with E-state index >= 15 is 0 Å². The van der Waals surface area contributed by atoms with E-state index in [1.165, 1.54) is 0 Å². The van der Waals surface area contributed by atoms with Gasteiger partial charge < -0.3 is 24.8 Å². The molecular formula is C20H28N2O5. The Morgan fingerprint density at radius 3 is 2.37 bits per heavy atom. The molecule has 148 valence electrons. The van der Waals surface area contributed by atoms with E-state index in [0.717, 1.165) is 18.4 Å². The summed E-state index contributed by atoms with van der Waals surface area (Å²) in [6, 6.07) is 3.27. The maximum Gasteiger partial charge on any atom is 0.321 e. The van der Waals surface area contributed by atoms with Gasteiger partial charge in [0.25, 0.3) is 0 Å². The highest BCUT2D eigenvalue weighted by molar-refractivity contribution is 5.91. The lowest BCUT2D eigenvalue weighted by atomic mass is 9.81. The number of hydrogen-bond donors (Lipinski definition) is 2. The minimum atomic E-state index is -0.787. The topological polar surface area (TPSA) is 88.1 Å². The van der Waals surface area contributed by atoms with Gasteiger partial charge >= 0.3 is 12.0 Å². The fraction of sp³-hybridized carbons (Fsp3) is 0.600. The summed E-state index contributed by atoms with van der Waals surface area (Å²) in [5, 5.41) is 12.6. The smallest absolute Gasteiger partial charge is 0.321 e. The molecule has 3 rings (SSSR count). The average Bonchev–Trinajstić information content (AvgIpc) is 3.19. The van der Waals surface area contributed by atoms with Crippen molar-refractivity contribution in [2.45, 2.75) is 39.0 Å². The summed E-state index contributed by atoms with van der Waals surface area (Å²) in [5.41, 5.74) is 0.729. The second kappa shape index (κ2) is 7.29. The molecule has 1 aliphatic carbocycles. The monoisotopic (exact) mass is 376 g/mol. The Labute approximate surface area is 159 Å². The van der Waals surface area contributed by atoms with Crippen LogP contribution in [0.5, 0.6) is 11.5 Å². The molecule has 1 saturated carbocycles. The Kier molecular flexibility index (Phi) is 5.22. The number of rotatable bonds is 5. The quantitative estimate of drug-likeness (QED) is 0.820. The molecule has 2 atom stereocenters. The Morgan fingerprint density at radius 2 is 1.89 bits per heavy atom. The van der Waals surface area contributed by atoms with Gasteiger partial charge in [-0.05, 0) is 24.7 Å². The van der Waals surface area contributed by atoms with Crippen LogP contribution in [0.2, 0.25) is 0 Å². The first-order valence-corrected chi connectivity index (χ1v) is 9.37. The Bertz CT molecular complexity index is 723. The van der Waals surface area contributed by atoms with Crippen molar-refractivity contribution in [1.29, 1.82) is 0 Å². The third-order valence-electron chi connectivity index (χ3n) is 5.96. The Hall–Kier alpha value is -2.44. The highest BCUT2D eigenvalue weighted by Gasteiger charge is 2.55. The number of nitrogens with one attached hydrogen (secondary N) is 1. The summed E-state index contributed by atoms with van der Waals surface area (Å²) in [6.45, 7) is 4.84. The number of urea groups is 1. The molecule has 1 heterocycles. The number of carboxylic acids is 1. The van der Waals surface area contributed by atoms with Gasteiger partial charge in [0.2, 0.25) is 0 Å². The van der Waals surface area contributed by atoms with Gasteiger partial charge in [-0.15, -0.1) is 0 Å². The number of fused-ring (bicyclic) bond motifs is 1. The van der Waals surface area contributed by atoms with Gasteiger partial charge in [0.05, 0.1) is 19.6 Å². The van der Waals surface area contributed by atoms with Crippen LogP contribution in [-0.4, -0.2) is 49.3 Å². The van der Waals surface area contributed by atoms with Crippen molar-refractivity contribution in [2.24, 2.45) is 11.3 Å². The van der Waals surface area contributed by atoms with E-state index in [9.17, 15) is 14.7 Å². The zero-order chi connectivity index (χ0) is 19.8. The molecule has 1 aromatic rings. The van der Waals surface area contributed by atoms with Gasteiger partial charge in [0, 0.05) is 36.5 Å². The lowest BCUT2D eigenvalue weighted by molar-refractivity contribution is -0.149. The number of nitrogens with zero attached hydrogens (tertiary/aromatic N) is 1. The largest absolute Gasteiger partial charge is 0.496 e. The van der Waals surface area contributed by atoms with E-state index in [1.807, 2.05) is 13.8 Å². The minimum absolute atomic E-state index is 0.0353. The number of ether oxygens (including phenoxy) is 2. The highest BCUT2D eigenvalue weighted by Crippen LogP contribution is 2.49. The molecule has 27 heavy (non-hydrogen) atoms. The van der Waals surface area contributed by atoms with Crippen molar-refractivity contribution in [3.8, 4) is 11.5 Å². The number of likely N-dealkylation sites (tertiary alicyclic amines) is 1. The van der Waals surface area contributed by atoms with Crippen molar-refractivity contribution in [1.82, 2.24) is 4.90 Å². The van der Waals surface area contributed by atoms with Gasteiger partial charge in [-0.3, -0.25) is 4.79 Å². The number of carbonyl (C=O) groups excluding carboxylic acids is 1. The van der Waals surface area contributed by atoms with Crippen LogP contribution < -0.4 is 14.8 Å². The van der Waals surface area contributed by atoms with E-state index < -0.39 is 11.4 Å². The number of methoxy groups -OCH3 is 2. The number of anilines is 1. The van der Waals surface area contributed by atoms with Gasteiger partial charge in [-0.25, -0.2) is 4.79 Å². The van der Waals surface area contributed by atoms with Crippen LogP contribution in [0, 0.1) is 11.3 Å². The lowest BCUT2D eigenvalue weighted by Crippen LogP contribution is -2.38. The second-order valence-electron chi connectivity index (χ2n) is 7.81. The lowest BCUT2D eigenvalue weighted by Gasteiger charge is -2.24. The Morgan fingerprint density at radius 1 is 1.26 bits per heavy atom. The SMILES string of the molecule is COc1cc(NC(=O)N2C[C@@H]3CCC[C@@]3(C(=O)O)C2)cc(OC)c1C(C)C. The number of aliphatic carboxylic acids is 1. The number of hydrogen-bond acceptors (Lipinski definition) is 4. The zero-order valence-corrected chi connectivity index (χ0v) is 16.4. The third-order valence-corrected chi connectivity index (χ3v) is 5.96. The van der Waals surface area contributed by atoms with E-state index in [0.29, 0.717) is 30.2 Å². The van der Waals surface area contributed by atoms with Gasteiger partial charge in [0.1, 0.15) is 11.5 Å². The molecule has 0 aromatic heterocycles. The predicted molar refractivity (Wildman–Crippen MR) is 102 cm³/mol. The maximum atomic E-state index is 12.8. The molecule has 1 aliphatic heterocycles. The highest BCUT2D eigenvalue weighted by atomic mass is 16.5. The molecule has 1 aromatic carbocycles. The minimum Gasteiger partial charge on any atom is -0.496 e. The van der Waals surface area contributed by atoms with Crippen molar-refractivity contribution in [2.75, 3.05) is 32.6 Å². The van der Waals surface area contributed by atoms with Crippen molar-refractivity contribution in [3.05, 3.63) is 17.7 Å². The van der Waals surface area contributed by atoms with Crippen LogP contribution in [0.15, 0.2) is 12.1 Å². The normalized spacial score (nSPS) is 24.0. The molecule has 7 nitrogen and oxygen atoms in total. The summed E-state index contributed by atoms with van der Waals surface area (Å²) in [6.07, 6.45) is 2.42. The van der Waals surface area contributed by atoms with E-state index in [-0.39, 0.29) is 24.4 Å². The number of carboxylic acid groups (broad SMARTS) is 1. The summed E-state index contributed by atoms with van der Waals surface area (Å²) in [5.74, 6) is 0.756. The Balaban J connectivity index is 1.80. The molecule has 2 fully saturated rings. The molecular weight excluding hydrogens is 348 g/mol. The summed E-state index contributed by atoms with van der Waals surface area (Å²) >= 11 is 0. The average molecular weight is 376 g/mol. The maximum absolute atomic E-state index is 12.8. The van der Waals surface area contributed by atoms with E-state index in [2.05, 4.69) is 5.32 Å². The predicted octanol–water partition coefficient (Wildman–Crippen LogP) is 3.55. The van der Waals surface area contributed by atoms with Crippen LogP contribution >= 0.6 is 0 Å². The second-order valence-corrected chi connectivity index (χ2v) is 7.81. The summed E-state index contributed by atoms with van der Waals surface area (Å²) in [4.78, 5) is 26.2. The van der Waals surface area contributed by atoms with E-state index in [1.54, 1.807) is 31.3 Å². The molecule has 1 saturated heterocycles. The first-order chi connectivity index (χ1) is 12.8. The van der Waals surface area contributed by atoms with Gasteiger partial charge in [-0.1, -0.05) is 20.3 Å².